The van der Waals surface area contributed by atoms with Crippen LogP contribution in [-0.2, 0) is 22.5 Å². The molecule has 0 aromatic heterocycles. The fourth-order valence-corrected chi connectivity index (χ4v) is 3.62. The molecule has 0 radical (unpaired) electrons. The molecule has 2 aliphatic heterocycles. The SMILES string of the molecule is O=C([C@H]1CCCO1)N(CCCc1ccccc1)Cc1ccc2c(c1)OCO2. The van der Waals surface area contributed by atoms with Gasteiger partial charge in [-0.2, -0.15) is 0 Å². The third kappa shape index (κ3) is 4.42. The molecule has 0 unspecified atom stereocenters. The summed E-state index contributed by atoms with van der Waals surface area (Å²) in [6.45, 7) is 2.21. The number of carbonyl (C=O) groups excluding carboxylic acids is 1. The maximum Gasteiger partial charge on any atom is 0.251 e. The molecule has 0 spiro atoms. The molecule has 1 amide bonds. The van der Waals surface area contributed by atoms with Gasteiger partial charge < -0.3 is 19.1 Å². The van der Waals surface area contributed by atoms with E-state index in [1.165, 1.54) is 5.56 Å². The molecule has 2 aromatic rings. The van der Waals surface area contributed by atoms with E-state index in [9.17, 15) is 4.79 Å². The van der Waals surface area contributed by atoms with Crippen LogP contribution in [-0.4, -0.2) is 36.9 Å². The summed E-state index contributed by atoms with van der Waals surface area (Å²) in [5, 5.41) is 0. The lowest BCUT2D eigenvalue weighted by molar-refractivity contribution is -0.141. The molecule has 1 atom stereocenters. The van der Waals surface area contributed by atoms with Gasteiger partial charge in [0.1, 0.15) is 6.10 Å². The van der Waals surface area contributed by atoms with Crippen molar-refractivity contribution in [2.75, 3.05) is 19.9 Å². The van der Waals surface area contributed by atoms with Crippen LogP contribution in [0.25, 0.3) is 0 Å². The van der Waals surface area contributed by atoms with Crippen molar-refractivity contribution in [2.24, 2.45) is 0 Å². The highest BCUT2D eigenvalue weighted by Crippen LogP contribution is 2.33. The topological polar surface area (TPSA) is 48.0 Å². The molecule has 27 heavy (non-hydrogen) atoms. The van der Waals surface area contributed by atoms with Gasteiger partial charge in [0, 0.05) is 19.7 Å². The van der Waals surface area contributed by atoms with Gasteiger partial charge in [0.05, 0.1) is 0 Å². The van der Waals surface area contributed by atoms with E-state index in [0.717, 1.165) is 42.7 Å². The first-order valence-corrected chi connectivity index (χ1v) is 9.62. The van der Waals surface area contributed by atoms with Gasteiger partial charge in [0.25, 0.3) is 5.91 Å². The predicted octanol–water partition coefficient (Wildman–Crippen LogP) is 3.56. The van der Waals surface area contributed by atoms with Gasteiger partial charge in [-0.05, 0) is 48.9 Å². The monoisotopic (exact) mass is 367 g/mol. The maximum atomic E-state index is 13.0. The van der Waals surface area contributed by atoms with Crippen LogP contribution in [0.3, 0.4) is 0 Å². The molecule has 0 bridgehead atoms. The normalized spacial score (nSPS) is 17.9. The number of hydrogen-bond donors (Lipinski definition) is 0. The molecule has 2 aliphatic rings. The second-order valence-corrected chi connectivity index (χ2v) is 7.04. The molecule has 4 rings (SSSR count). The molecule has 0 N–H and O–H groups in total. The zero-order valence-electron chi connectivity index (χ0n) is 15.4. The highest BCUT2D eigenvalue weighted by Gasteiger charge is 2.28. The summed E-state index contributed by atoms with van der Waals surface area (Å²) < 4.78 is 16.5. The zero-order valence-corrected chi connectivity index (χ0v) is 15.4. The second kappa shape index (κ2) is 8.44. The Morgan fingerprint density at radius 2 is 1.89 bits per heavy atom. The Kier molecular flexibility index (Phi) is 5.58. The minimum Gasteiger partial charge on any atom is -0.454 e. The second-order valence-electron chi connectivity index (χ2n) is 7.04. The van der Waals surface area contributed by atoms with Crippen LogP contribution < -0.4 is 9.47 Å². The minimum absolute atomic E-state index is 0.0956. The third-order valence-corrected chi connectivity index (χ3v) is 5.06. The van der Waals surface area contributed by atoms with Crippen LogP contribution in [0.2, 0.25) is 0 Å². The quantitative estimate of drug-likeness (QED) is 0.751. The van der Waals surface area contributed by atoms with Gasteiger partial charge in [-0.3, -0.25) is 4.79 Å². The first-order valence-electron chi connectivity index (χ1n) is 9.62. The van der Waals surface area contributed by atoms with Gasteiger partial charge >= 0.3 is 0 Å². The molecule has 2 heterocycles. The number of hydrogen-bond acceptors (Lipinski definition) is 4. The number of amides is 1. The summed E-state index contributed by atoms with van der Waals surface area (Å²) in [5.41, 5.74) is 2.34. The van der Waals surface area contributed by atoms with Crippen molar-refractivity contribution in [2.45, 2.75) is 38.3 Å². The Bertz CT molecular complexity index is 771. The molecule has 0 aliphatic carbocycles. The third-order valence-electron chi connectivity index (χ3n) is 5.06. The fraction of sp³-hybridized carbons (Fsp3) is 0.409. The number of aryl methyl sites for hydroxylation is 1. The highest BCUT2D eigenvalue weighted by molar-refractivity contribution is 5.81. The lowest BCUT2D eigenvalue weighted by atomic mass is 10.1. The van der Waals surface area contributed by atoms with Gasteiger partial charge in [-0.25, -0.2) is 0 Å². The van der Waals surface area contributed by atoms with Crippen LogP contribution in [0, 0.1) is 0 Å². The van der Waals surface area contributed by atoms with Crippen molar-refractivity contribution in [1.29, 1.82) is 0 Å². The van der Waals surface area contributed by atoms with E-state index in [0.29, 0.717) is 19.7 Å². The average molecular weight is 367 g/mol. The summed E-state index contributed by atoms with van der Waals surface area (Å²) >= 11 is 0. The van der Waals surface area contributed by atoms with E-state index < -0.39 is 0 Å². The molecule has 142 valence electrons. The molecular weight excluding hydrogens is 342 g/mol. The average Bonchev–Trinajstić information content (AvgIpc) is 3.39. The van der Waals surface area contributed by atoms with Crippen LogP contribution in [0.5, 0.6) is 11.5 Å². The van der Waals surface area contributed by atoms with Crippen molar-refractivity contribution >= 4 is 5.91 Å². The molecular formula is C22H25NO4. The standard InChI is InChI=1S/C22H25NO4/c24-22(20-9-5-13-25-20)23(12-4-8-17-6-2-1-3-7-17)15-18-10-11-19-21(14-18)27-16-26-19/h1-3,6-7,10-11,14,20H,4-5,8-9,12-13,15-16H2/t20-/m1/s1. The number of ether oxygens (including phenoxy) is 3. The maximum absolute atomic E-state index is 13.0. The number of nitrogens with zero attached hydrogens (tertiary/aromatic N) is 1. The zero-order chi connectivity index (χ0) is 18.5. The molecule has 2 aromatic carbocycles. The Hall–Kier alpha value is -2.53. The highest BCUT2D eigenvalue weighted by atomic mass is 16.7. The van der Waals surface area contributed by atoms with E-state index in [-0.39, 0.29) is 18.8 Å². The summed E-state index contributed by atoms with van der Waals surface area (Å²) in [5.74, 6) is 1.61. The summed E-state index contributed by atoms with van der Waals surface area (Å²) in [4.78, 5) is 14.9. The summed E-state index contributed by atoms with van der Waals surface area (Å²) in [6, 6.07) is 16.3. The Balaban J connectivity index is 1.42. The van der Waals surface area contributed by atoms with Crippen LogP contribution >= 0.6 is 0 Å². The number of carbonyl (C=O) groups is 1. The lowest BCUT2D eigenvalue weighted by Crippen LogP contribution is -2.39. The minimum atomic E-state index is -0.296. The molecule has 1 fully saturated rings. The lowest BCUT2D eigenvalue weighted by Gasteiger charge is -2.25. The largest absolute Gasteiger partial charge is 0.454 e. The van der Waals surface area contributed by atoms with E-state index in [2.05, 4.69) is 24.3 Å². The molecule has 1 saturated heterocycles. The van der Waals surface area contributed by atoms with Crippen molar-refractivity contribution in [3.63, 3.8) is 0 Å². The van der Waals surface area contributed by atoms with E-state index in [1.807, 2.05) is 29.2 Å². The number of benzene rings is 2. The van der Waals surface area contributed by atoms with E-state index >= 15 is 0 Å². The Morgan fingerprint density at radius 1 is 1.04 bits per heavy atom. The fourth-order valence-electron chi connectivity index (χ4n) is 3.62. The summed E-state index contributed by atoms with van der Waals surface area (Å²) in [7, 11) is 0. The molecule has 0 saturated carbocycles. The van der Waals surface area contributed by atoms with Gasteiger partial charge in [0.2, 0.25) is 6.79 Å². The van der Waals surface area contributed by atoms with E-state index in [1.54, 1.807) is 0 Å². The summed E-state index contributed by atoms with van der Waals surface area (Å²) in [6.07, 6.45) is 3.35. The Morgan fingerprint density at radius 3 is 2.70 bits per heavy atom. The first-order chi connectivity index (χ1) is 13.3. The predicted molar refractivity (Wildman–Crippen MR) is 102 cm³/mol. The van der Waals surface area contributed by atoms with Crippen molar-refractivity contribution in [3.05, 3.63) is 59.7 Å². The number of fused-ring (bicyclic) bond motifs is 1. The Labute approximate surface area is 159 Å². The van der Waals surface area contributed by atoms with Crippen LogP contribution in [0.15, 0.2) is 48.5 Å². The van der Waals surface area contributed by atoms with Gasteiger partial charge in [0.15, 0.2) is 11.5 Å². The van der Waals surface area contributed by atoms with Gasteiger partial charge in [-0.15, -0.1) is 0 Å². The molecule has 5 heteroatoms. The van der Waals surface area contributed by atoms with Crippen molar-refractivity contribution < 1.29 is 19.0 Å². The van der Waals surface area contributed by atoms with Crippen LogP contribution in [0.4, 0.5) is 0 Å². The number of rotatable bonds is 7. The van der Waals surface area contributed by atoms with E-state index in [4.69, 9.17) is 14.2 Å². The smallest absolute Gasteiger partial charge is 0.251 e. The van der Waals surface area contributed by atoms with Gasteiger partial charge in [-0.1, -0.05) is 36.4 Å². The van der Waals surface area contributed by atoms with Crippen LogP contribution in [0.1, 0.15) is 30.4 Å². The van der Waals surface area contributed by atoms with Crippen molar-refractivity contribution in [1.82, 2.24) is 4.90 Å². The first kappa shape index (κ1) is 17.9. The molecule has 5 nitrogen and oxygen atoms in total. The van der Waals surface area contributed by atoms with Crippen molar-refractivity contribution in [3.8, 4) is 11.5 Å².